The van der Waals surface area contributed by atoms with E-state index in [-0.39, 0.29) is 35.1 Å². The second-order valence-electron chi connectivity index (χ2n) is 9.33. The van der Waals surface area contributed by atoms with E-state index < -0.39 is 18.5 Å². The standard InChI is InChI=1S/C29H25BrN2O5/c30-21-10-12-22(13-11-21)31-26(33)17-37-29(36)20-7-4-8-23(15-20)32-27(34)24-14-9-19(16-25(24)28(32)35)18-5-2-1-3-6-18/h1-8,10-13,15,19,24-25H,9,14,16-17H2,(H,31,33)/t19-,24-,25-/m1/s1. The summed E-state index contributed by atoms with van der Waals surface area (Å²) in [6, 6.07) is 23.3. The van der Waals surface area contributed by atoms with Gasteiger partial charge < -0.3 is 10.1 Å². The van der Waals surface area contributed by atoms with Crippen LogP contribution in [0, 0.1) is 11.8 Å². The number of hydrogen-bond acceptors (Lipinski definition) is 5. The monoisotopic (exact) mass is 560 g/mol. The first-order valence-electron chi connectivity index (χ1n) is 12.2. The van der Waals surface area contributed by atoms with E-state index >= 15 is 0 Å². The first-order chi connectivity index (χ1) is 17.9. The van der Waals surface area contributed by atoms with E-state index in [0.717, 1.165) is 10.9 Å². The molecule has 1 aliphatic carbocycles. The topological polar surface area (TPSA) is 92.8 Å². The molecule has 7 nitrogen and oxygen atoms in total. The molecule has 3 aromatic rings. The minimum atomic E-state index is -0.714. The van der Waals surface area contributed by atoms with Crippen molar-refractivity contribution in [1.29, 1.82) is 0 Å². The summed E-state index contributed by atoms with van der Waals surface area (Å²) in [5.74, 6) is -2.11. The molecular weight excluding hydrogens is 536 g/mol. The van der Waals surface area contributed by atoms with E-state index in [1.165, 1.54) is 22.6 Å². The number of nitrogens with zero attached hydrogens (tertiary/aromatic N) is 1. The fraction of sp³-hybridized carbons (Fsp3) is 0.241. The number of hydrogen-bond donors (Lipinski definition) is 1. The molecule has 1 aliphatic heterocycles. The molecule has 1 saturated carbocycles. The molecule has 0 bridgehead atoms. The van der Waals surface area contributed by atoms with E-state index in [0.29, 0.717) is 24.2 Å². The third-order valence-corrected chi connectivity index (χ3v) is 7.53. The Morgan fingerprint density at radius 3 is 2.38 bits per heavy atom. The normalized spacial score (nSPS) is 20.9. The zero-order valence-corrected chi connectivity index (χ0v) is 21.5. The van der Waals surface area contributed by atoms with Crippen LogP contribution in [0.15, 0.2) is 83.3 Å². The highest BCUT2D eigenvalue weighted by molar-refractivity contribution is 9.10. The van der Waals surface area contributed by atoms with Crippen molar-refractivity contribution >= 4 is 51.0 Å². The molecule has 188 valence electrons. The molecule has 2 fully saturated rings. The molecule has 1 heterocycles. The Hall–Kier alpha value is -3.78. The van der Waals surface area contributed by atoms with Crippen LogP contribution >= 0.6 is 15.9 Å². The molecule has 5 rings (SSSR count). The highest BCUT2D eigenvalue weighted by atomic mass is 79.9. The van der Waals surface area contributed by atoms with Crippen molar-refractivity contribution in [2.75, 3.05) is 16.8 Å². The number of fused-ring (bicyclic) bond motifs is 1. The fourth-order valence-electron chi connectivity index (χ4n) is 5.18. The number of imide groups is 1. The first kappa shape index (κ1) is 24.9. The van der Waals surface area contributed by atoms with Crippen LogP contribution < -0.4 is 10.2 Å². The van der Waals surface area contributed by atoms with Crippen molar-refractivity contribution in [1.82, 2.24) is 0 Å². The highest BCUT2D eigenvalue weighted by Gasteiger charge is 2.50. The molecule has 37 heavy (non-hydrogen) atoms. The molecule has 0 radical (unpaired) electrons. The fourth-order valence-corrected chi connectivity index (χ4v) is 5.44. The number of carbonyl (C=O) groups is 4. The lowest BCUT2D eigenvalue weighted by atomic mass is 9.73. The van der Waals surface area contributed by atoms with Crippen molar-refractivity contribution in [3.05, 3.63) is 94.5 Å². The van der Waals surface area contributed by atoms with Gasteiger partial charge in [0.2, 0.25) is 11.8 Å². The Morgan fingerprint density at radius 1 is 0.892 bits per heavy atom. The molecule has 3 aromatic carbocycles. The third kappa shape index (κ3) is 5.34. The molecule has 3 amide bonds. The number of benzene rings is 3. The lowest BCUT2D eigenvalue weighted by Crippen LogP contribution is -2.31. The Balaban J connectivity index is 1.24. The summed E-state index contributed by atoms with van der Waals surface area (Å²) in [7, 11) is 0. The van der Waals surface area contributed by atoms with Crippen molar-refractivity contribution < 1.29 is 23.9 Å². The first-order valence-corrected chi connectivity index (χ1v) is 13.0. The molecule has 0 spiro atoms. The van der Waals surface area contributed by atoms with Gasteiger partial charge in [-0.15, -0.1) is 0 Å². The van der Waals surface area contributed by atoms with E-state index in [4.69, 9.17) is 4.74 Å². The number of nitrogens with one attached hydrogen (secondary N) is 1. The summed E-state index contributed by atoms with van der Waals surface area (Å²) in [5.41, 5.74) is 2.27. The minimum absolute atomic E-state index is 0.159. The lowest BCUT2D eigenvalue weighted by molar-refractivity contribution is -0.122. The SMILES string of the molecule is O=C(COC(=O)c1cccc(N2C(=O)[C@@H]3CC[C@@H](c4ccccc4)C[C@H]3C2=O)c1)Nc1ccc(Br)cc1. The number of halogens is 1. The van der Waals surface area contributed by atoms with Crippen molar-refractivity contribution in [2.24, 2.45) is 11.8 Å². The van der Waals surface area contributed by atoms with Crippen LogP contribution in [0.3, 0.4) is 0 Å². The summed E-state index contributed by atoms with van der Waals surface area (Å²) in [5, 5.41) is 2.65. The number of anilines is 2. The van der Waals surface area contributed by atoms with Gasteiger partial charge in [-0.25, -0.2) is 4.79 Å². The number of amides is 3. The summed E-state index contributed by atoms with van der Waals surface area (Å²) in [4.78, 5) is 52.6. The number of carbonyl (C=O) groups excluding carboxylic acids is 4. The molecule has 0 unspecified atom stereocenters. The Kier molecular flexibility index (Phi) is 7.19. The van der Waals surface area contributed by atoms with Crippen LogP contribution in [-0.2, 0) is 19.1 Å². The van der Waals surface area contributed by atoms with Crippen molar-refractivity contribution in [3.8, 4) is 0 Å². The lowest BCUT2D eigenvalue weighted by Gasteiger charge is -2.28. The van der Waals surface area contributed by atoms with Crippen LogP contribution in [0.1, 0.15) is 41.1 Å². The van der Waals surface area contributed by atoms with Gasteiger partial charge in [-0.1, -0.05) is 52.3 Å². The van der Waals surface area contributed by atoms with Crippen molar-refractivity contribution in [2.45, 2.75) is 25.2 Å². The number of rotatable bonds is 6. The summed E-state index contributed by atoms with van der Waals surface area (Å²) >= 11 is 3.33. The van der Waals surface area contributed by atoms with E-state index in [1.54, 1.807) is 36.4 Å². The molecule has 1 N–H and O–H groups in total. The largest absolute Gasteiger partial charge is 0.452 e. The Bertz CT molecular complexity index is 1340. The van der Waals surface area contributed by atoms with E-state index in [9.17, 15) is 19.2 Å². The maximum absolute atomic E-state index is 13.4. The second kappa shape index (κ2) is 10.7. The quantitative estimate of drug-likeness (QED) is 0.325. The third-order valence-electron chi connectivity index (χ3n) is 7.00. The molecular formula is C29H25BrN2O5. The van der Waals surface area contributed by atoms with Gasteiger partial charge in [0.05, 0.1) is 23.1 Å². The average Bonchev–Trinajstić information content (AvgIpc) is 3.18. The predicted molar refractivity (Wildman–Crippen MR) is 142 cm³/mol. The van der Waals surface area contributed by atoms with Gasteiger partial charge in [0.25, 0.3) is 5.91 Å². The highest BCUT2D eigenvalue weighted by Crippen LogP contribution is 2.45. The van der Waals surface area contributed by atoms with Crippen LogP contribution in [0.4, 0.5) is 11.4 Å². The van der Waals surface area contributed by atoms with Crippen LogP contribution in [0.25, 0.3) is 0 Å². The molecule has 3 atom stereocenters. The Labute approximate surface area is 222 Å². The van der Waals surface area contributed by atoms with Crippen LogP contribution in [0.5, 0.6) is 0 Å². The number of esters is 1. The summed E-state index contributed by atoms with van der Waals surface area (Å²) in [6.07, 6.45) is 2.14. The molecule has 2 aliphatic rings. The van der Waals surface area contributed by atoms with Gasteiger partial charge in [-0.2, -0.15) is 0 Å². The molecule has 8 heteroatoms. The van der Waals surface area contributed by atoms with Crippen molar-refractivity contribution in [3.63, 3.8) is 0 Å². The van der Waals surface area contributed by atoms with E-state index in [2.05, 4.69) is 33.4 Å². The second-order valence-corrected chi connectivity index (χ2v) is 10.2. The van der Waals surface area contributed by atoms with Gasteiger partial charge in [-0.05, 0) is 73.2 Å². The zero-order chi connectivity index (χ0) is 25.9. The smallest absolute Gasteiger partial charge is 0.338 e. The maximum atomic E-state index is 13.4. The average molecular weight is 561 g/mol. The zero-order valence-electron chi connectivity index (χ0n) is 19.9. The molecule has 0 aromatic heterocycles. The van der Waals surface area contributed by atoms with Crippen LogP contribution in [-0.4, -0.2) is 30.3 Å². The summed E-state index contributed by atoms with van der Waals surface area (Å²) < 4.78 is 6.04. The minimum Gasteiger partial charge on any atom is -0.452 e. The molecule has 1 saturated heterocycles. The van der Waals surface area contributed by atoms with Gasteiger partial charge >= 0.3 is 5.97 Å². The summed E-state index contributed by atoms with van der Waals surface area (Å²) in [6.45, 7) is -0.467. The van der Waals surface area contributed by atoms with Gasteiger partial charge in [-0.3, -0.25) is 19.3 Å². The van der Waals surface area contributed by atoms with E-state index in [1.807, 2.05) is 18.2 Å². The van der Waals surface area contributed by atoms with Gasteiger partial charge in [0.1, 0.15) is 0 Å². The predicted octanol–water partition coefficient (Wildman–Crippen LogP) is 5.32. The van der Waals surface area contributed by atoms with Gasteiger partial charge in [0, 0.05) is 10.2 Å². The Morgan fingerprint density at radius 2 is 1.62 bits per heavy atom. The van der Waals surface area contributed by atoms with Crippen LogP contribution in [0.2, 0.25) is 0 Å². The number of ether oxygens (including phenoxy) is 1. The van der Waals surface area contributed by atoms with Gasteiger partial charge in [0.15, 0.2) is 6.61 Å². The maximum Gasteiger partial charge on any atom is 0.338 e.